The number of thiazole rings is 1. The van der Waals surface area contributed by atoms with Gasteiger partial charge in [0.05, 0.1) is 33.4 Å². The number of carbonyl (C=O) groups is 1. The molecule has 0 amide bonds. The molecule has 0 spiro atoms. The predicted molar refractivity (Wildman–Crippen MR) is 179 cm³/mol. The molecule has 0 N–H and O–H groups in total. The number of halogens is 1. The molecule has 6 rings (SSSR count). The lowest BCUT2D eigenvalue weighted by molar-refractivity contribution is -0.384. The Morgan fingerprint density at radius 1 is 1.02 bits per heavy atom. The Bertz CT molecular complexity index is 2140. The molecule has 11 heteroatoms. The number of rotatable bonds is 9. The van der Waals surface area contributed by atoms with E-state index in [9.17, 15) is 19.7 Å². The van der Waals surface area contributed by atoms with Crippen molar-refractivity contribution < 1.29 is 19.2 Å². The van der Waals surface area contributed by atoms with Crippen LogP contribution in [0.4, 0.5) is 5.69 Å². The number of hydrogen-bond acceptors (Lipinski definition) is 8. The van der Waals surface area contributed by atoms with Crippen LogP contribution in [0, 0.1) is 10.1 Å². The highest BCUT2D eigenvalue weighted by atomic mass is 79.9. The van der Waals surface area contributed by atoms with E-state index >= 15 is 0 Å². The minimum Gasteiger partial charge on any atom is -0.488 e. The Hall–Kier alpha value is -5.13. The monoisotopic (exact) mass is 695 g/mol. The lowest BCUT2D eigenvalue weighted by atomic mass is 9.93. The molecule has 0 aliphatic carbocycles. The summed E-state index contributed by atoms with van der Waals surface area (Å²) in [5.74, 6) is -0.0219. The summed E-state index contributed by atoms with van der Waals surface area (Å²) in [6.45, 7) is 2.08. The van der Waals surface area contributed by atoms with Crippen LogP contribution >= 0.6 is 27.3 Å². The molecule has 4 aromatic carbocycles. The van der Waals surface area contributed by atoms with Gasteiger partial charge in [-0.2, -0.15) is 0 Å². The quantitative estimate of drug-likeness (QED) is 0.103. The molecule has 1 aliphatic heterocycles. The SMILES string of the molecule is CCOC(=O)C1=C(c2ccccc2)N=c2s/c(=C\c3cc(Br)ccc3OCc3ccc([N+](=O)[O-])cc3)c(=O)n2[C@@H]1c1ccccc1. The fraction of sp³-hybridized carbons (Fsp3) is 0.114. The van der Waals surface area contributed by atoms with Gasteiger partial charge in [-0.25, -0.2) is 9.79 Å². The first-order valence-electron chi connectivity index (χ1n) is 14.3. The van der Waals surface area contributed by atoms with Crippen molar-refractivity contribution in [2.24, 2.45) is 4.99 Å². The van der Waals surface area contributed by atoms with Crippen molar-refractivity contribution >= 4 is 50.7 Å². The van der Waals surface area contributed by atoms with E-state index in [2.05, 4.69) is 15.9 Å². The number of nitrogens with zero attached hydrogens (tertiary/aromatic N) is 3. The second-order valence-electron chi connectivity index (χ2n) is 10.2. The molecule has 0 saturated carbocycles. The van der Waals surface area contributed by atoms with Crippen LogP contribution in [0.2, 0.25) is 0 Å². The third-order valence-electron chi connectivity index (χ3n) is 7.29. The molecular formula is C35H26BrN3O6S. The highest BCUT2D eigenvalue weighted by molar-refractivity contribution is 9.10. The van der Waals surface area contributed by atoms with Gasteiger partial charge in [-0.3, -0.25) is 19.5 Å². The van der Waals surface area contributed by atoms with Crippen LogP contribution in [0.3, 0.4) is 0 Å². The predicted octanol–water partition coefficient (Wildman–Crippen LogP) is 6.19. The molecule has 5 aromatic rings. The molecule has 1 atom stereocenters. The zero-order valence-electron chi connectivity index (χ0n) is 24.5. The summed E-state index contributed by atoms with van der Waals surface area (Å²) < 4.78 is 14.4. The lowest BCUT2D eigenvalue weighted by Gasteiger charge is -2.25. The van der Waals surface area contributed by atoms with Gasteiger partial charge in [0.25, 0.3) is 11.2 Å². The Morgan fingerprint density at radius 3 is 2.39 bits per heavy atom. The highest BCUT2D eigenvalue weighted by Gasteiger charge is 2.35. The highest BCUT2D eigenvalue weighted by Crippen LogP contribution is 2.35. The minimum absolute atomic E-state index is 0.00111. The standard InChI is InChI=1S/C35H26BrN3O6S/c1-2-44-34(41)30-31(23-9-5-3-6-10-23)37-35-38(32(30)24-11-7-4-8-12-24)33(40)29(46-35)20-25-19-26(36)15-18-28(25)45-21-22-13-16-27(17-14-22)39(42)43/h3-20,32H,2,21H2,1H3/b29-20-/t32-/m1/s1. The van der Waals surface area contributed by atoms with E-state index in [1.807, 2.05) is 72.8 Å². The van der Waals surface area contributed by atoms with Gasteiger partial charge in [0.15, 0.2) is 4.80 Å². The number of ether oxygens (including phenoxy) is 2. The zero-order chi connectivity index (χ0) is 32.2. The molecule has 1 aromatic heterocycles. The van der Waals surface area contributed by atoms with E-state index < -0.39 is 16.9 Å². The van der Waals surface area contributed by atoms with E-state index in [-0.39, 0.29) is 30.0 Å². The number of aromatic nitrogens is 1. The lowest BCUT2D eigenvalue weighted by Crippen LogP contribution is -2.40. The number of non-ortho nitro benzene ring substituents is 1. The summed E-state index contributed by atoms with van der Waals surface area (Å²) in [4.78, 5) is 43.7. The number of benzene rings is 4. The molecule has 0 radical (unpaired) electrons. The molecule has 46 heavy (non-hydrogen) atoms. The van der Waals surface area contributed by atoms with Crippen LogP contribution in [0.25, 0.3) is 11.8 Å². The summed E-state index contributed by atoms with van der Waals surface area (Å²) in [6.07, 6.45) is 1.75. The topological polar surface area (TPSA) is 113 Å². The van der Waals surface area contributed by atoms with E-state index in [4.69, 9.17) is 14.5 Å². The van der Waals surface area contributed by atoms with Crippen molar-refractivity contribution in [1.82, 2.24) is 4.57 Å². The van der Waals surface area contributed by atoms with E-state index in [1.54, 1.807) is 35.8 Å². The number of hydrogen-bond donors (Lipinski definition) is 0. The van der Waals surface area contributed by atoms with Gasteiger partial charge >= 0.3 is 5.97 Å². The Labute approximate surface area is 275 Å². The van der Waals surface area contributed by atoms with Gasteiger partial charge in [0.1, 0.15) is 12.4 Å². The fourth-order valence-corrected chi connectivity index (χ4v) is 6.54. The van der Waals surface area contributed by atoms with Crippen molar-refractivity contribution in [3.8, 4) is 5.75 Å². The van der Waals surface area contributed by atoms with Crippen molar-refractivity contribution in [2.45, 2.75) is 19.6 Å². The second kappa shape index (κ2) is 13.5. The van der Waals surface area contributed by atoms with Crippen molar-refractivity contribution in [1.29, 1.82) is 0 Å². The Balaban J connectivity index is 1.49. The van der Waals surface area contributed by atoms with E-state index in [1.165, 1.54) is 23.5 Å². The molecule has 0 saturated heterocycles. The fourth-order valence-electron chi connectivity index (χ4n) is 5.17. The van der Waals surface area contributed by atoms with Crippen molar-refractivity contribution in [2.75, 3.05) is 6.61 Å². The molecule has 0 bridgehead atoms. The zero-order valence-corrected chi connectivity index (χ0v) is 26.9. The average Bonchev–Trinajstić information content (AvgIpc) is 3.38. The molecule has 2 heterocycles. The van der Waals surface area contributed by atoms with Gasteiger partial charge in [-0.05, 0) is 54.5 Å². The number of fused-ring (bicyclic) bond motifs is 1. The first-order valence-corrected chi connectivity index (χ1v) is 15.9. The van der Waals surface area contributed by atoms with Crippen molar-refractivity contribution in [3.05, 3.63) is 165 Å². The summed E-state index contributed by atoms with van der Waals surface area (Å²) in [7, 11) is 0. The summed E-state index contributed by atoms with van der Waals surface area (Å²) >= 11 is 4.74. The summed E-state index contributed by atoms with van der Waals surface area (Å²) in [5.41, 5.74) is 3.30. The van der Waals surface area contributed by atoms with E-state index in [0.29, 0.717) is 26.3 Å². The van der Waals surface area contributed by atoms with Crippen LogP contribution in [-0.4, -0.2) is 22.1 Å². The third-order valence-corrected chi connectivity index (χ3v) is 8.77. The van der Waals surface area contributed by atoms with Crippen LogP contribution in [0.1, 0.15) is 35.2 Å². The van der Waals surface area contributed by atoms with Gasteiger partial charge < -0.3 is 9.47 Å². The van der Waals surface area contributed by atoms with E-state index in [0.717, 1.165) is 21.2 Å². The van der Waals surface area contributed by atoms with Gasteiger partial charge in [-0.15, -0.1) is 0 Å². The third kappa shape index (κ3) is 6.33. The molecule has 1 aliphatic rings. The molecular weight excluding hydrogens is 670 g/mol. The van der Waals surface area contributed by atoms with Crippen molar-refractivity contribution in [3.63, 3.8) is 0 Å². The second-order valence-corrected chi connectivity index (χ2v) is 12.2. The first-order chi connectivity index (χ1) is 22.3. The number of nitro groups is 1. The summed E-state index contributed by atoms with van der Waals surface area (Å²) in [5, 5.41) is 11.0. The molecule has 9 nitrogen and oxygen atoms in total. The Morgan fingerprint density at radius 2 is 1.72 bits per heavy atom. The maximum absolute atomic E-state index is 14.2. The largest absolute Gasteiger partial charge is 0.488 e. The van der Waals surface area contributed by atoms with Crippen LogP contribution in [-0.2, 0) is 16.1 Å². The van der Waals surface area contributed by atoms with Crippen LogP contribution in [0.5, 0.6) is 5.75 Å². The first kappa shape index (κ1) is 30.9. The maximum Gasteiger partial charge on any atom is 0.338 e. The van der Waals surface area contributed by atoms with Crippen LogP contribution < -0.4 is 19.6 Å². The van der Waals surface area contributed by atoms with Gasteiger partial charge in [0.2, 0.25) is 0 Å². The van der Waals surface area contributed by atoms with Gasteiger partial charge in [-0.1, -0.05) is 87.9 Å². The normalized spacial score (nSPS) is 14.4. The smallest absolute Gasteiger partial charge is 0.338 e. The molecule has 0 fully saturated rings. The van der Waals surface area contributed by atoms with Gasteiger partial charge in [0, 0.05) is 27.7 Å². The number of esters is 1. The summed E-state index contributed by atoms with van der Waals surface area (Å²) in [6, 6.07) is 29.6. The number of carbonyl (C=O) groups excluding carboxylic acids is 1. The number of nitro benzene ring substituents is 1. The Kier molecular flexibility index (Phi) is 9.04. The maximum atomic E-state index is 14.2. The minimum atomic E-state index is -0.769. The average molecular weight is 697 g/mol. The molecule has 0 unspecified atom stereocenters. The molecule has 230 valence electrons. The van der Waals surface area contributed by atoms with Crippen LogP contribution in [0.15, 0.2) is 123 Å².